The Morgan fingerprint density at radius 1 is 0.960 bits per heavy atom. The number of aryl methyl sites for hydroxylation is 1. The lowest BCUT2D eigenvalue weighted by atomic mass is 10.0. The number of methoxy groups -OCH3 is 1. The number of allylic oxidation sites excluding steroid dienone is 1. The second kappa shape index (κ2) is 30.0. The molecule has 0 fully saturated rings. The number of ether oxygens (including phenoxy) is 1. The van der Waals surface area contributed by atoms with Crippen LogP contribution >= 0.6 is 0 Å². The number of nitrogens with one attached hydrogen (secondary N) is 3. The third kappa shape index (κ3) is 24.3. The molecule has 2 rings (SSSR count). The second-order valence-electron chi connectivity index (χ2n) is 10.8. The van der Waals surface area contributed by atoms with Crippen LogP contribution in [0.15, 0.2) is 77.9 Å². The van der Waals surface area contributed by atoms with Crippen molar-refractivity contribution in [2.45, 2.75) is 92.0 Å². The molecule has 0 radical (unpaired) electrons. The molecule has 0 aliphatic carbocycles. The molecular weight excluding hydrogens is 660 g/mol. The Bertz CT molecular complexity index is 1330. The number of carbonyl (C=O) groups excluding carboxylic acids is 3. The molecule has 0 spiro atoms. The van der Waals surface area contributed by atoms with Crippen LogP contribution in [0.25, 0.3) is 0 Å². The first-order valence-corrected chi connectivity index (χ1v) is 18.7. The van der Waals surface area contributed by atoms with Gasteiger partial charge in [-0.1, -0.05) is 87.4 Å². The minimum Gasteiger partial charge on any atom is -0.388 e. The van der Waals surface area contributed by atoms with Gasteiger partial charge < -0.3 is 30.9 Å². The molecule has 13 heteroatoms. The summed E-state index contributed by atoms with van der Waals surface area (Å²) in [5.41, 5.74) is 1.69. The standard InChI is InChI=1S/C23H37N3O8S.C7H8.C5H9N.C2H6/c1-4-5-13-35(32,33)15-19(25-16(2)27)23(31)24-14-20(28)21(29)18(11-12-34-3)26-22(30)17-9-7-6-8-10-17;1-7-5-3-2-4-6-7;1-3-5-6-4-2;1-2/h6-10,18-21,28-29H,4-5,11-15H2,1-3H3,(H,24,31)(H,25,27)(H,26,30);2-6H,1H3;3-5H,1-2H3;1-2H3/b;;5-3-,6-4?;. The van der Waals surface area contributed by atoms with E-state index in [1.807, 2.05) is 58.9 Å². The monoisotopic (exact) mass is 720 g/mol. The Balaban J connectivity index is 0. The zero-order chi connectivity index (χ0) is 38.4. The van der Waals surface area contributed by atoms with Crippen molar-refractivity contribution in [3.05, 3.63) is 84.1 Å². The predicted octanol–water partition coefficient (Wildman–Crippen LogP) is 4.01. The van der Waals surface area contributed by atoms with E-state index >= 15 is 0 Å². The first kappa shape index (κ1) is 48.2. The molecule has 3 amide bonds. The van der Waals surface area contributed by atoms with Crippen LogP contribution < -0.4 is 16.0 Å². The van der Waals surface area contributed by atoms with Crippen molar-refractivity contribution in [3.63, 3.8) is 0 Å². The molecule has 50 heavy (non-hydrogen) atoms. The highest BCUT2D eigenvalue weighted by Crippen LogP contribution is 2.08. The van der Waals surface area contributed by atoms with Gasteiger partial charge in [-0.25, -0.2) is 8.42 Å². The summed E-state index contributed by atoms with van der Waals surface area (Å²) in [6.45, 7) is 12.7. The highest BCUT2D eigenvalue weighted by atomic mass is 32.2. The van der Waals surface area contributed by atoms with Crippen LogP contribution in [-0.2, 0) is 24.2 Å². The molecule has 0 aliphatic rings. The summed E-state index contributed by atoms with van der Waals surface area (Å²) in [6, 6.07) is 16.4. The fourth-order valence-corrected chi connectivity index (χ4v) is 5.61. The number of aliphatic hydroxyl groups is 2. The fourth-order valence-electron chi connectivity index (χ4n) is 3.97. The van der Waals surface area contributed by atoms with E-state index in [-0.39, 0.29) is 18.8 Å². The Morgan fingerprint density at radius 2 is 1.54 bits per heavy atom. The van der Waals surface area contributed by atoms with Gasteiger partial charge in [0.1, 0.15) is 12.1 Å². The molecule has 5 N–H and O–H groups in total. The normalized spacial score (nSPS) is 13.2. The summed E-state index contributed by atoms with van der Waals surface area (Å²) in [5, 5.41) is 28.5. The van der Waals surface area contributed by atoms with Crippen LogP contribution in [0.5, 0.6) is 0 Å². The number of carbonyl (C=O) groups is 3. The quantitative estimate of drug-likeness (QED) is 0.152. The van der Waals surface area contributed by atoms with Gasteiger partial charge in [-0.2, -0.15) is 0 Å². The molecule has 0 bridgehead atoms. The van der Waals surface area contributed by atoms with E-state index in [0.717, 1.165) is 6.92 Å². The molecule has 282 valence electrons. The number of aliphatic imine (C=N–C) groups is 1. The zero-order valence-electron chi connectivity index (χ0n) is 31.0. The van der Waals surface area contributed by atoms with Crippen LogP contribution in [0.1, 0.15) is 76.7 Å². The average Bonchev–Trinajstić information content (AvgIpc) is 3.11. The van der Waals surface area contributed by atoms with E-state index < -0.39 is 64.1 Å². The molecule has 0 aromatic heterocycles. The molecule has 12 nitrogen and oxygen atoms in total. The third-order valence-electron chi connectivity index (χ3n) is 6.53. The number of nitrogens with zero attached hydrogens (tertiary/aromatic N) is 1. The topological polar surface area (TPSA) is 183 Å². The Morgan fingerprint density at radius 3 is 1.98 bits per heavy atom. The van der Waals surface area contributed by atoms with Gasteiger partial charge in [0.05, 0.1) is 23.7 Å². The summed E-state index contributed by atoms with van der Waals surface area (Å²) < 4.78 is 29.6. The number of amides is 3. The maximum atomic E-state index is 12.6. The summed E-state index contributed by atoms with van der Waals surface area (Å²) in [5.74, 6) is -2.55. The van der Waals surface area contributed by atoms with Crippen molar-refractivity contribution in [1.29, 1.82) is 0 Å². The minimum atomic E-state index is -3.60. The van der Waals surface area contributed by atoms with E-state index in [1.165, 1.54) is 12.7 Å². The lowest BCUT2D eigenvalue weighted by Crippen LogP contribution is -2.55. The van der Waals surface area contributed by atoms with Crippen molar-refractivity contribution in [2.24, 2.45) is 4.99 Å². The lowest BCUT2D eigenvalue weighted by molar-refractivity contribution is -0.128. The molecule has 2 aromatic rings. The number of hydrogen-bond acceptors (Lipinski definition) is 9. The Kier molecular flexibility index (Phi) is 28.9. The maximum absolute atomic E-state index is 12.6. The van der Waals surface area contributed by atoms with Crippen LogP contribution in [0.2, 0.25) is 0 Å². The highest BCUT2D eigenvalue weighted by Gasteiger charge is 2.30. The van der Waals surface area contributed by atoms with E-state index in [9.17, 15) is 33.0 Å². The molecular formula is C37H60N4O8S. The summed E-state index contributed by atoms with van der Waals surface area (Å²) in [6.07, 6.45) is 3.70. The van der Waals surface area contributed by atoms with E-state index in [4.69, 9.17) is 4.74 Å². The first-order valence-electron chi connectivity index (χ1n) is 16.9. The average molecular weight is 721 g/mol. The van der Waals surface area contributed by atoms with Gasteiger partial charge in [0, 0.05) is 45.2 Å². The number of benzene rings is 2. The fraction of sp³-hybridized carbons (Fsp3) is 0.514. The molecule has 0 heterocycles. The van der Waals surface area contributed by atoms with Crippen LogP contribution in [0.4, 0.5) is 0 Å². The van der Waals surface area contributed by atoms with Gasteiger partial charge >= 0.3 is 0 Å². The summed E-state index contributed by atoms with van der Waals surface area (Å²) in [7, 11) is -2.15. The van der Waals surface area contributed by atoms with E-state index in [0.29, 0.717) is 18.4 Å². The lowest BCUT2D eigenvalue weighted by Gasteiger charge is -2.28. The van der Waals surface area contributed by atoms with Crippen molar-refractivity contribution in [1.82, 2.24) is 16.0 Å². The Hall–Kier alpha value is -3.91. The molecule has 4 unspecified atom stereocenters. The van der Waals surface area contributed by atoms with Gasteiger partial charge in [0.15, 0.2) is 9.84 Å². The second-order valence-corrected chi connectivity index (χ2v) is 13.0. The maximum Gasteiger partial charge on any atom is 0.251 e. The van der Waals surface area contributed by atoms with Crippen LogP contribution in [0.3, 0.4) is 0 Å². The first-order chi connectivity index (χ1) is 23.8. The number of unbranched alkanes of at least 4 members (excludes halogenated alkanes) is 1. The molecule has 2 aromatic carbocycles. The van der Waals surface area contributed by atoms with Gasteiger partial charge in [-0.05, 0) is 45.7 Å². The minimum absolute atomic E-state index is 0.115. The smallest absolute Gasteiger partial charge is 0.251 e. The van der Waals surface area contributed by atoms with E-state index in [1.54, 1.807) is 42.7 Å². The van der Waals surface area contributed by atoms with Gasteiger partial charge in [0.25, 0.3) is 5.91 Å². The van der Waals surface area contributed by atoms with Crippen LogP contribution in [-0.4, -0.2) is 98.6 Å². The molecule has 0 saturated carbocycles. The van der Waals surface area contributed by atoms with Gasteiger partial charge in [0.2, 0.25) is 11.8 Å². The van der Waals surface area contributed by atoms with Gasteiger partial charge in [-0.15, -0.1) is 0 Å². The predicted molar refractivity (Wildman–Crippen MR) is 202 cm³/mol. The van der Waals surface area contributed by atoms with Crippen molar-refractivity contribution in [3.8, 4) is 0 Å². The highest BCUT2D eigenvalue weighted by molar-refractivity contribution is 7.91. The number of rotatable bonds is 17. The largest absolute Gasteiger partial charge is 0.388 e. The number of hydrogen-bond donors (Lipinski definition) is 5. The van der Waals surface area contributed by atoms with Crippen molar-refractivity contribution in [2.75, 3.05) is 31.8 Å². The number of aliphatic hydroxyl groups excluding tert-OH is 2. The van der Waals surface area contributed by atoms with Crippen molar-refractivity contribution >= 4 is 33.8 Å². The molecule has 4 atom stereocenters. The van der Waals surface area contributed by atoms with Crippen molar-refractivity contribution < 1.29 is 37.8 Å². The summed E-state index contributed by atoms with van der Waals surface area (Å²) in [4.78, 5) is 40.4. The zero-order valence-corrected chi connectivity index (χ0v) is 31.8. The summed E-state index contributed by atoms with van der Waals surface area (Å²) >= 11 is 0. The Labute approximate surface area is 299 Å². The van der Waals surface area contributed by atoms with Gasteiger partial charge in [-0.3, -0.25) is 19.4 Å². The number of sulfone groups is 1. The molecule has 0 aliphatic heterocycles. The van der Waals surface area contributed by atoms with E-state index in [2.05, 4.69) is 40.0 Å². The van der Waals surface area contributed by atoms with Crippen LogP contribution in [0, 0.1) is 6.92 Å². The SMILES string of the molecule is CC.CC=N/C=C\C.CCCCS(=O)(=O)CC(NC(C)=O)C(=O)NCC(O)C(O)C(CCOC)NC(=O)c1ccccc1.Cc1ccccc1. The molecule has 0 saturated heterocycles. The third-order valence-corrected chi connectivity index (χ3v) is 8.28.